The van der Waals surface area contributed by atoms with E-state index >= 15 is 9.13 Å². The van der Waals surface area contributed by atoms with Gasteiger partial charge in [0.25, 0.3) is 0 Å². The van der Waals surface area contributed by atoms with E-state index in [2.05, 4.69) is 124 Å². The predicted molar refractivity (Wildman–Crippen MR) is 311 cm³/mol. The monoisotopic (exact) mass is 995 g/mol. The highest BCUT2D eigenvalue weighted by Crippen LogP contribution is 2.48. The van der Waals surface area contributed by atoms with E-state index in [1.54, 1.807) is 0 Å². The molecule has 358 valence electrons. The number of benzene rings is 10. The molecule has 0 fully saturated rings. The zero-order valence-electron chi connectivity index (χ0n) is 39.6. The Hall–Kier alpha value is -8.79. The van der Waals surface area contributed by atoms with Crippen molar-refractivity contribution in [3.63, 3.8) is 0 Å². The van der Waals surface area contributed by atoms with Gasteiger partial charge in [0.2, 0.25) is 0 Å². The minimum absolute atomic E-state index is 0. The first-order valence-corrected chi connectivity index (χ1v) is 27.7. The second kappa shape index (κ2) is 20.4. The van der Waals surface area contributed by atoms with E-state index in [9.17, 15) is 0 Å². The van der Waals surface area contributed by atoms with Gasteiger partial charge in [-0.05, 0) is 60.7 Å². The van der Waals surface area contributed by atoms with Gasteiger partial charge < -0.3 is 13.9 Å². The number of aromatic nitrogens is 3. The molecule has 0 aliphatic carbocycles. The number of pyridine rings is 1. The molecule has 0 amide bonds. The van der Waals surface area contributed by atoms with Crippen LogP contribution in [0.5, 0.6) is 11.5 Å². The molecule has 0 bridgehead atoms. The highest BCUT2D eigenvalue weighted by molar-refractivity contribution is 7.86. The van der Waals surface area contributed by atoms with Crippen LogP contribution in [0.2, 0.25) is 0 Å². The molecule has 13 aromatic rings. The predicted octanol–water partition coefficient (Wildman–Crippen LogP) is 14.7. The number of ether oxygens (including phenoxy) is 1. The zero-order valence-corrected chi connectivity index (χ0v) is 41.4. The molecule has 0 aliphatic rings. The van der Waals surface area contributed by atoms with E-state index in [1.807, 2.05) is 170 Å². The second-order valence-corrected chi connectivity index (χ2v) is 23.2. The largest absolute Gasteiger partial charge is 0.456 e. The van der Waals surface area contributed by atoms with Gasteiger partial charge in [-0.15, -0.1) is 0 Å². The molecule has 0 unspecified atom stereocenters. The Kier molecular flexibility index (Phi) is 13.1. The van der Waals surface area contributed by atoms with Crippen LogP contribution in [0.1, 0.15) is 7.43 Å². The molecule has 0 aliphatic heterocycles. The lowest BCUT2D eigenvalue weighted by molar-refractivity contribution is 0.489. The molecular weight excluding hydrogens is 945 g/mol. The number of fused-ring (bicyclic) bond motifs is 6. The van der Waals surface area contributed by atoms with Gasteiger partial charge in [-0.3, -0.25) is 9.13 Å². The summed E-state index contributed by atoms with van der Waals surface area (Å²) < 4.78 is 41.6. The van der Waals surface area contributed by atoms with Gasteiger partial charge >= 0.3 is 0 Å². The van der Waals surface area contributed by atoms with Crippen LogP contribution in [0.25, 0.3) is 55.2 Å². The van der Waals surface area contributed by atoms with E-state index in [0.29, 0.717) is 22.1 Å². The Morgan fingerprint density at radius 3 is 0.851 bits per heavy atom. The first-order valence-electron chi connectivity index (χ1n) is 24.3. The summed E-state index contributed by atoms with van der Waals surface area (Å²) in [5.41, 5.74) is 4.67. The van der Waals surface area contributed by atoms with Gasteiger partial charge in [-0.1, -0.05) is 232 Å². The standard InChI is InChI=1S/C36H28O3P2.C29H19N3.CH4/c37-40(29-17-5-1-6-18-29,30-19-7-2-8-20-30)35-27-15-13-25-33(35)39-34-26-14-16-28-36(34)41(38,31-21-9-3-10-22-31)32-23-11-4-12-24-32;1-5-14-24-20(10-1)21-11-2-6-15-25(21)31(24)28-18-9-19-29(30-28)32-26-16-7-3-12-22(26)23-13-4-8-17-27(23)32;/h1-28H;1-19H;1H4. The maximum Gasteiger partial charge on any atom is 0.174 e. The second-order valence-electron chi connectivity index (χ2n) is 17.7. The summed E-state index contributed by atoms with van der Waals surface area (Å²) in [6.07, 6.45) is 0. The molecule has 0 radical (unpaired) electrons. The van der Waals surface area contributed by atoms with E-state index < -0.39 is 14.3 Å². The first kappa shape index (κ1) is 47.5. The molecule has 6 nitrogen and oxygen atoms in total. The average Bonchev–Trinajstić information content (AvgIpc) is 3.99. The summed E-state index contributed by atoms with van der Waals surface area (Å²) in [4.78, 5) is 5.18. The summed E-state index contributed by atoms with van der Waals surface area (Å²) >= 11 is 0. The molecular formula is C66H51N3O3P2. The Morgan fingerprint density at radius 1 is 0.284 bits per heavy atom. The minimum atomic E-state index is -3.32. The Labute approximate surface area is 431 Å². The van der Waals surface area contributed by atoms with E-state index in [0.717, 1.165) is 32.9 Å². The molecule has 8 heteroatoms. The minimum Gasteiger partial charge on any atom is -0.456 e. The van der Waals surface area contributed by atoms with E-state index in [-0.39, 0.29) is 7.43 Å². The van der Waals surface area contributed by atoms with Crippen molar-refractivity contribution in [1.82, 2.24) is 14.1 Å². The molecule has 0 saturated heterocycles. The molecule has 3 aromatic heterocycles. The molecule has 0 spiro atoms. The van der Waals surface area contributed by atoms with Crippen LogP contribution in [-0.4, -0.2) is 14.1 Å². The van der Waals surface area contributed by atoms with Crippen molar-refractivity contribution < 1.29 is 13.9 Å². The summed E-state index contributed by atoms with van der Waals surface area (Å²) in [6, 6.07) is 93.5. The fraction of sp³-hybridized carbons (Fsp3) is 0.0152. The fourth-order valence-electron chi connectivity index (χ4n) is 10.1. The molecule has 0 saturated carbocycles. The van der Waals surface area contributed by atoms with Crippen LogP contribution in [0.4, 0.5) is 0 Å². The highest BCUT2D eigenvalue weighted by Gasteiger charge is 2.35. The summed E-state index contributed by atoms with van der Waals surface area (Å²) in [5.74, 6) is 2.76. The molecule has 3 heterocycles. The lowest BCUT2D eigenvalue weighted by Gasteiger charge is -2.25. The van der Waals surface area contributed by atoms with Crippen LogP contribution in [-0.2, 0) is 9.13 Å². The smallest absolute Gasteiger partial charge is 0.174 e. The SMILES string of the molecule is C.O=P(c1ccccc1)(c1ccccc1)c1ccccc1Oc1ccccc1P(=O)(c1ccccc1)c1ccccc1.c1cc(-n2c3ccccc3c3ccccc32)nc(-n2c3ccccc3c3ccccc32)c1. The summed E-state index contributed by atoms with van der Waals surface area (Å²) in [5, 5.41) is 9.01. The first-order chi connectivity index (χ1) is 36.0. The number of rotatable bonds is 10. The number of para-hydroxylation sites is 6. The van der Waals surface area contributed by atoms with Crippen LogP contribution in [0, 0.1) is 0 Å². The quantitative estimate of drug-likeness (QED) is 0.128. The third-order valence-electron chi connectivity index (χ3n) is 13.4. The Bertz CT molecular complexity index is 3730. The van der Waals surface area contributed by atoms with E-state index in [1.165, 1.54) is 43.6 Å². The van der Waals surface area contributed by atoms with Crippen LogP contribution in [0.15, 0.2) is 285 Å². The third-order valence-corrected chi connectivity index (χ3v) is 19.6. The molecule has 0 atom stereocenters. The van der Waals surface area contributed by atoms with Gasteiger partial charge in [-0.25, -0.2) is 4.98 Å². The van der Waals surface area contributed by atoms with Gasteiger partial charge in [0.15, 0.2) is 14.3 Å². The molecule has 10 aromatic carbocycles. The Morgan fingerprint density at radius 2 is 0.541 bits per heavy atom. The van der Waals surface area contributed by atoms with Gasteiger partial charge in [0, 0.05) is 42.8 Å². The maximum absolute atomic E-state index is 15.2. The van der Waals surface area contributed by atoms with E-state index in [4.69, 9.17) is 9.72 Å². The van der Waals surface area contributed by atoms with Crippen molar-refractivity contribution in [2.24, 2.45) is 0 Å². The summed E-state index contributed by atoms with van der Waals surface area (Å²) in [6.45, 7) is 0. The average molecular weight is 996 g/mol. The number of hydrogen-bond acceptors (Lipinski definition) is 4. The van der Waals surface area contributed by atoms with Crippen molar-refractivity contribution in [2.45, 2.75) is 7.43 Å². The van der Waals surface area contributed by atoms with Gasteiger partial charge in [0.05, 0.1) is 32.7 Å². The Balaban J connectivity index is 0.000000161. The van der Waals surface area contributed by atoms with Crippen molar-refractivity contribution in [1.29, 1.82) is 0 Å². The van der Waals surface area contributed by atoms with Crippen molar-refractivity contribution in [3.8, 4) is 23.1 Å². The number of hydrogen-bond donors (Lipinski definition) is 0. The van der Waals surface area contributed by atoms with Gasteiger partial charge in [-0.2, -0.15) is 0 Å². The fourth-order valence-corrected chi connectivity index (χ4v) is 15.7. The molecule has 0 N–H and O–H groups in total. The van der Waals surface area contributed by atoms with Crippen molar-refractivity contribution in [3.05, 3.63) is 285 Å². The molecule has 74 heavy (non-hydrogen) atoms. The van der Waals surface area contributed by atoms with Crippen LogP contribution in [0.3, 0.4) is 0 Å². The van der Waals surface area contributed by atoms with Crippen molar-refractivity contribution >= 4 is 89.7 Å². The highest BCUT2D eigenvalue weighted by atomic mass is 31.2. The lowest BCUT2D eigenvalue weighted by atomic mass is 10.2. The third kappa shape index (κ3) is 8.35. The number of nitrogens with zero attached hydrogens (tertiary/aromatic N) is 3. The van der Waals surface area contributed by atoms with Crippen molar-refractivity contribution in [2.75, 3.05) is 0 Å². The van der Waals surface area contributed by atoms with Gasteiger partial charge in [0.1, 0.15) is 23.1 Å². The normalized spacial score (nSPS) is 11.5. The maximum atomic E-state index is 15.2. The van der Waals surface area contributed by atoms with Crippen LogP contribution >= 0.6 is 14.3 Å². The topological polar surface area (TPSA) is 66.1 Å². The summed E-state index contributed by atoms with van der Waals surface area (Å²) in [7, 11) is -6.63. The lowest BCUT2D eigenvalue weighted by Crippen LogP contribution is -2.27. The molecule has 13 rings (SSSR count). The van der Waals surface area contributed by atoms with Crippen LogP contribution < -0.4 is 36.6 Å². The zero-order chi connectivity index (χ0) is 49.2.